The molecule has 0 saturated carbocycles. The van der Waals surface area contributed by atoms with Gasteiger partial charge in [-0.2, -0.15) is 13.1 Å². The molecule has 1 saturated heterocycles. The Morgan fingerprint density at radius 3 is 2.14 bits per heavy atom. The Morgan fingerprint density at radius 1 is 0.931 bits per heavy atom. The molecule has 2 aromatic carbocycles. The number of nitrogens with one attached hydrogen (secondary N) is 1. The number of hydrogen-bond donors (Lipinski definition) is 1. The summed E-state index contributed by atoms with van der Waals surface area (Å²) in [4.78, 5) is -0.112. The van der Waals surface area contributed by atoms with Gasteiger partial charge in [0.1, 0.15) is 5.75 Å². The quantitative estimate of drug-likeness (QED) is 0.673. The molecule has 0 atom stereocenters. The minimum Gasteiger partial charge on any atom is -0.434 e. The number of sulfonamides is 2. The van der Waals surface area contributed by atoms with Crippen LogP contribution in [0.2, 0.25) is 0 Å². The SMILES string of the molecule is O=S(=O)(NCc1ccccc1OC(F)F)c1ccc(S(=O)(=O)N2CCCC2)cc1. The summed E-state index contributed by atoms with van der Waals surface area (Å²) in [5.74, 6) is -0.128. The Morgan fingerprint density at radius 2 is 1.52 bits per heavy atom. The summed E-state index contributed by atoms with van der Waals surface area (Å²) in [7, 11) is -7.63. The molecule has 0 amide bonds. The first-order valence-electron chi connectivity index (χ1n) is 8.83. The number of para-hydroxylation sites is 1. The van der Waals surface area contributed by atoms with Gasteiger partial charge in [-0.1, -0.05) is 18.2 Å². The van der Waals surface area contributed by atoms with Crippen LogP contribution in [0, 0.1) is 0 Å². The maximum Gasteiger partial charge on any atom is 0.387 e. The topological polar surface area (TPSA) is 92.8 Å². The smallest absolute Gasteiger partial charge is 0.387 e. The van der Waals surface area contributed by atoms with Crippen molar-refractivity contribution in [3.63, 3.8) is 0 Å². The van der Waals surface area contributed by atoms with Gasteiger partial charge in [-0.3, -0.25) is 0 Å². The predicted molar refractivity (Wildman–Crippen MR) is 102 cm³/mol. The minimum atomic E-state index is -3.99. The third kappa shape index (κ3) is 5.10. The molecule has 3 rings (SSSR count). The van der Waals surface area contributed by atoms with Crippen molar-refractivity contribution in [2.45, 2.75) is 35.8 Å². The predicted octanol–water partition coefficient (Wildman–Crippen LogP) is 2.55. The van der Waals surface area contributed by atoms with Crippen LogP contribution in [0.1, 0.15) is 18.4 Å². The van der Waals surface area contributed by atoms with Gasteiger partial charge in [-0.05, 0) is 43.2 Å². The molecule has 7 nitrogen and oxygen atoms in total. The van der Waals surface area contributed by atoms with Gasteiger partial charge in [-0.25, -0.2) is 21.6 Å². The van der Waals surface area contributed by atoms with E-state index in [4.69, 9.17) is 0 Å². The van der Waals surface area contributed by atoms with Gasteiger partial charge in [-0.15, -0.1) is 0 Å². The second-order valence-electron chi connectivity index (χ2n) is 6.39. The van der Waals surface area contributed by atoms with Crippen LogP contribution < -0.4 is 9.46 Å². The van der Waals surface area contributed by atoms with Crippen LogP contribution in [-0.2, 0) is 26.6 Å². The van der Waals surface area contributed by atoms with Crippen molar-refractivity contribution in [1.29, 1.82) is 0 Å². The molecule has 1 aliphatic heterocycles. The van der Waals surface area contributed by atoms with Crippen molar-refractivity contribution < 1.29 is 30.4 Å². The zero-order chi connectivity index (χ0) is 21.1. The van der Waals surface area contributed by atoms with E-state index in [9.17, 15) is 25.6 Å². The van der Waals surface area contributed by atoms with E-state index in [1.165, 1.54) is 46.8 Å². The van der Waals surface area contributed by atoms with Gasteiger partial charge in [0, 0.05) is 25.2 Å². The number of hydrogen-bond acceptors (Lipinski definition) is 5. The highest BCUT2D eigenvalue weighted by Gasteiger charge is 2.27. The molecule has 1 N–H and O–H groups in total. The molecule has 0 bridgehead atoms. The molecule has 158 valence electrons. The Hall–Kier alpha value is -2.08. The van der Waals surface area contributed by atoms with E-state index in [2.05, 4.69) is 9.46 Å². The number of ether oxygens (including phenoxy) is 1. The number of halogens is 2. The molecule has 1 heterocycles. The van der Waals surface area contributed by atoms with Crippen LogP contribution in [-0.4, -0.2) is 40.8 Å². The summed E-state index contributed by atoms with van der Waals surface area (Å²) in [6.07, 6.45) is 1.60. The highest BCUT2D eigenvalue weighted by Crippen LogP contribution is 2.23. The normalized spacial score (nSPS) is 15.7. The third-order valence-electron chi connectivity index (χ3n) is 4.48. The third-order valence-corrected chi connectivity index (χ3v) is 7.81. The van der Waals surface area contributed by atoms with E-state index in [1.807, 2.05) is 0 Å². The first-order chi connectivity index (χ1) is 13.7. The Bertz CT molecular complexity index is 1050. The lowest BCUT2D eigenvalue weighted by Crippen LogP contribution is -2.28. The molecular formula is C18H20F2N2O5S2. The fourth-order valence-electron chi connectivity index (χ4n) is 2.99. The maximum absolute atomic E-state index is 12.5. The number of rotatable bonds is 8. The van der Waals surface area contributed by atoms with E-state index >= 15 is 0 Å². The van der Waals surface area contributed by atoms with Gasteiger partial charge in [0.25, 0.3) is 0 Å². The van der Waals surface area contributed by atoms with Gasteiger partial charge < -0.3 is 4.74 Å². The molecule has 0 aromatic heterocycles. The average Bonchev–Trinajstić information content (AvgIpc) is 3.23. The lowest BCUT2D eigenvalue weighted by atomic mass is 10.2. The van der Waals surface area contributed by atoms with Gasteiger partial charge in [0.05, 0.1) is 9.79 Å². The summed E-state index contributed by atoms with van der Waals surface area (Å²) in [6.45, 7) is -2.40. The van der Waals surface area contributed by atoms with Gasteiger partial charge in [0.15, 0.2) is 0 Å². The fraction of sp³-hybridized carbons (Fsp3) is 0.333. The van der Waals surface area contributed by atoms with Crippen molar-refractivity contribution in [3.8, 4) is 5.75 Å². The standard InChI is InChI=1S/C18H20F2N2O5S2/c19-18(20)27-17-6-2-1-5-14(17)13-21-28(23,24)15-7-9-16(10-8-15)29(25,26)22-11-3-4-12-22/h1-2,5-10,18,21H,3-4,11-13H2. The van der Waals surface area contributed by atoms with E-state index < -0.39 is 26.7 Å². The molecule has 0 unspecified atom stereocenters. The molecule has 0 aliphatic carbocycles. The van der Waals surface area contributed by atoms with E-state index in [1.54, 1.807) is 6.07 Å². The zero-order valence-electron chi connectivity index (χ0n) is 15.3. The number of nitrogens with zero attached hydrogens (tertiary/aromatic N) is 1. The number of benzene rings is 2. The fourth-order valence-corrected chi connectivity index (χ4v) is 5.51. The van der Waals surface area contributed by atoms with Gasteiger partial charge in [0.2, 0.25) is 20.0 Å². The summed E-state index contributed by atoms with van der Waals surface area (Å²) in [5, 5.41) is 0. The first-order valence-corrected chi connectivity index (χ1v) is 11.7. The zero-order valence-corrected chi connectivity index (χ0v) is 16.9. The maximum atomic E-state index is 12.5. The average molecular weight is 446 g/mol. The van der Waals surface area contributed by atoms with Crippen LogP contribution in [0.25, 0.3) is 0 Å². The second kappa shape index (κ2) is 8.74. The lowest BCUT2D eigenvalue weighted by Gasteiger charge is -2.16. The van der Waals surface area contributed by atoms with E-state index in [0.29, 0.717) is 13.1 Å². The molecule has 2 aromatic rings. The lowest BCUT2D eigenvalue weighted by molar-refractivity contribution is -0.0504. The molecule has 0 radical (unpaired) electrons. The molecule has 1 fully saturated rings. The van der Waals surface area contributed by atoms with Crippen molar-refractivity contribution >= 4 is 20.0 Å². The monoisotopic (exact) mass is 446 g/mol. The van der Waals surface area contributed by atoms with Crippen molar-refractivity contribution in [2.24, 2.45) is 0 Å². The molecule has 0 spiro atoms. The van der Waals surface area contributed by atoms with E-state index in [-0.39, 0.29) is 27.6 Å². The van der Waals surface area contributed by atoms with Crippen LogP contribution in [0.4, 0.5) is 8.78 Å². The van der Waals surface area contributed by atoms with Crippen LogP contribution in [0.5, 0.6) is 5.75 Å². The van der Waals surface area contributed by atoms with Crippen LogP contribution >= 0.6 is 0 Å². The van der Waals surface area contributed by atoms with E-state index in [0.717, 1.165) is 12.8 Å². The van der Waals surface area contributed by atoms with Crippen molar-refractivity contribution in [2.75, 3.05) is 13.1 Å². The summed E-state index contributed by atoms with van der Waals surface area (Å²) in [5.41, 5.74) is 0.240. The first kappa shape index (κ1) is 21.6. The minimum absolute atomic E-state index is 0.0222. The van der Waals surface area contributed by atoms with Crippen molar-refractivity contribution in [3.05, 3.63) is 54.1 Å². The summed E-state index contributed by atoms with van der Waals surface area (Å²) in [6, 6.07) is 10.7. The highest BCUT2D eigenvalue weighted by atomic mass is 32.2. The molecule has 11 heteroatoms. The summed E-state index contributed by atoms with van der Waals surface area (Å²) >= 11 is 0. The van der Waals surface area contributed by atoms with Gasteiger partial charge >= 0.3 is 6.61 Å². The Labute approximate surface area is 168 Å². The second-order valence-corrected chi connectivity index (χ2v) is 10.1. The Balaban J connectivity index is 1.74. The molecule has 1 aliphatic rings. The Kier molecular flexibility index (Phi) is 6.52. The van der Waals surface area contributed by atoms with Crippen LogP contribution in [0.15, 0.2) is 58.3 Å². The molecular weight excluding hydrogens is 426 g/mol. The number of alkyl halides is 2. The highest BCUT2D eigenvalue weighted by molar-refractivity contribution is 7.89. The largest absolute Gasteiger partial charge is 0.434 e. The van der Waals surface area contributed by atoms with Crippen molar-refractivity contribution in [1.82, 2.24) is 9.03 Å². The summed E-state index contributed by atoms with van der Waals surface area (Å²) < 4.78 is 83.0. The molecule has 29 heavy (non-hydrogen) atoms. The van der Waals surface area contributed by atoms with Crippen LogP contribution in [0.3, 0.4) is 0 Å².